The van der Waals surface area contributed by atoms with E-state index >= 15 is 0 Å². The molecule has 1 aromatic heterocycles. The van der Waals surface area contributed by atoms with Crippen LogP contribution in [0.4, 0.5) is 11.5 Å². The molecule has 17 heavy (non-hydrogen) atoms. The summed E-state index contributed by atoms with van der Waals surface area (Å²) in [6.45, 7) is 0. The van der Waals surface area contributed by atoms with Crippen LogP contribution in [0.1, 0.15) is 5.56 Å². The molecule has 0 aliphatic carbocycles. The summed E-state index contributed by atoms with van der Waals surface area (Å²) in [4.78, 5) is 4.13. The third-order valence-electron chi connectivity index (χ3n) is 2.26. The zero-order valence-corrected chi connectivity index (χ0v) is 9.34. The van der Waals surface area contributed by atoms with Gasteiger partial charge in [0.1, 0.15) is 17.6 Å². The van der Waals surface area contributed by atoms with Gasteiger partial charge in [-0.05, 0) is 24.3 Å². The van der Waals surface area contributed by atoms with Crippen LogP contribution in [0.5, 0.6) is 5.75 Å². The summed E-state index contributed by atoms with van der Waals surface area (Å²) in [6, 6.07) is 13.1. The number of nitrogens with one attached hydrogen (secondary N) is 1. The van der Waals surface area contributed by atoms with E-state index in [4.69, 9.17) is 10.00 Å². The highest BCUT2D eigenvalue weighted by molar-refractivity contribution is 5.64. The minimum atomic E-state index is 0.538. The Morgan fingerprint density at radius 1 is 1.24 bits per heavy atom. The normalized spacial score (nSPS) is 9.41. The van der Waals surface area contributed by atoms with E-state index in [1.165, 1.54) is 6.20 Å². The Morgan fingerprint density at radius 3 is 2.71 bits per heavy atom. The molecule has 0 atom stereocenters. The number of para-hydroxylation sites is 2. The molecule has 2 rings (SSSR count). The molecular formula is C13H11N3O. The lowest BCUT2D eigenvalue weighted by atomic mass is 10.2. The number of hydrogen-bond donors (Lipinski definition) is 1. The minimum absolute atomic E-state index is 0.538. The van der Waals surface area contributed by atoms with Gasteiger partial charge in [-0.3, -0.25) is 0 Å². The van der Waals surface area contributed by atoms with Crippen LogP contribution in [0.2, 0.25) is 0 Å². The molecule has 84 valence electrons. The fourth-order valence-electron chi connectivity index (χ4n) is 1.42. The first-order valence-electron chi connectivity index (χ1n) is 5.09. The van der Waals surface area contributed by atoms with Crippen LogP contribution in [-0.2, 0) is 0 Å². The summed E-state index contributed by atoms with van der Waals surface area (Å²) in [5.41, 5.74) is 1.38. The monoisotopic (exact) mass is 225 g/mol. The molecule has 0 amide bonds. The molecule has 1 heterocycles. The standard InChI is InChI=1S/C13H11N3O/c1-17-12-5-3-2-4-11(12)16-13-7-6-10(8-14)9-15-13/h2-7,9H,1H3,(H,15,16). The smallest absolute Gasteiger partial charge is 0.142 e. The molecule has 0 fully saturated rings. The van der Waals surface area contributed by atoms with Crippen molar-refractivity contribution in [3.8, 4) is 11.8 Å². The van der Waals surface area contributed by atoms with Gasteiger partial charge < -0.3 is 10.1 Å². The van der Waals surface area contributed by atoms with Crippen LogP contribution in [-0.4, -0.2) is 12.1 Å². The zero-order chi connectivity index (χ0) is 12.1. The van der Waals surface area contributed by atoms with Gasteiger partial charge in [0, 0.05) is 6.20 Å². The van der Waals surface area contributed by atoms with Crippen LogP contribution in [0.3, 0.4) is 0 Å². The molecule has 2 aromatic rings. The number of hydrogen-bond acceptors (Lipinski definition) is 4. The van der Waals surface area contributed by atoms with Crippen molar-refractivity contribution in [3.63, 3.8) is 0 Å². The maximum absolute atomic E-state index is 8.67. The summed E-state index contributed by atoms with van der Waals surface area (Å²) in [5.74, 6) is 1.42. The first kappa shape index (κ1) is 11.0. The second-order valence-corrected chi connectivity index (χ2v) is 3.37. The molecule has 1 N–H and O–H groups in total. The van der Waals surface area contributed by atoms with E-state index in [0.717, 1.165) is 11.4 Å². The van der Waals surface area contributed by atoms with Crippen molar-refractivity contribution in [2.45, 2.75) is 0 Å². The fourth-order valence-corrected chi connectivity index (χ4v) is 1.42. The van der Waals surface area contributed by atoms with Gasteiger partial charge >= 0.3 is 0 Å². The fraction of sp³-hybridized carbons (Fsp3) is 0.0769. The van der Waals surface area contributed by atoms with Crippen LogP contribution in [0, 0.1) is 11.3 Å². The summed E-state index contributed by atoms with van der Waals surface area (Å²) in [5, 5.41) is 11.8. The second kappa shape index (κ2) is 4.99. The maximum Gasteiger partial charge on any atom is 0.142 e. The van der Waals surface area contributed by atoms with Gasteiger partial charge in [0.2, 0.25) is 0 Å². The van der Waals surface area contributed by atoms with Crippen LogP contribution in [0.15, 0.2) is 42.6 Å². The lowest BCUT2D eigenvalue weighted by Gasteiger charge is -2.09. The number of nitriles is 1. The molecule has 0 saturated heterocycles. The summed E-state index contributed by atoms with van der Waals surface area (Å²) in [6.07, 6.45) is 1.53. The van der Waals surface area contributed by atoms with Gasteiger partial charge in [0.15, 0.2) is 0 Å². The van der Waals surface area contributed by atoms with Crippen LogP contribution >= 0.6 is 0 Å². The molecule has 0 saturated carbocycles. The lowest BCUT2D eigenvalue weighted by molar-refractivity contribution is 0.417. The van der Waals surface area contributed by atoms with Gasteiger partial charge in [-0.2, -0.15) is 5.26 Å². The first-order valence-corrected chi connectivity index (χ1v) is 5.09. The SMILES string of the molecule is COc1ccccc1Nc1ccc(C#N)cn1. The molecule has 1 aromatic carbocycles. The number of benzene rings is 1. The van der Waals surface area contributed by atoms with E-state index in [0.29, 0.717) is 11.4 Å². The summed E-state index contributed by atoms with van der Waals surface area (Å²) >= 11 is 0. The molecule has 4 heteroatoms. The zero-order valence-electron chi connectivity index (χ0n) is 9.34. The Labute approximate surface area is 99.5 Å². The highest BCUT2D eigenvalue weighted by atomic mass is 16.5. The molecule has 0 radical (unpaired) electrons. The van der Waals surface area contributed by atoms with Crippen molar-refractivity contribution < 1.29 is 4.74 Å². The highest BCUT2D eigenvalue weighted by Crippen LogP contribution is 2.25. The lowest BCUT2D eigenvalue weighted by Crippen LogP contribution is -1.96. The van der Waals surface area contributed by atoms with Crippen molar-refractivity contribution in [3.05, 3.63) is 48.2 Å². The van der Waals surface area contributed by atoms with Crippen molar-refractivity contribution in [2.75, 3.05) is 12.4 Å². The molecule has 0 aliphatic rings. The minimum Gasteiger partial charge on any atom is -0.495 e. The molecule has 4 nitrogen and oxygen atoms in total. The predicted octanol–water partition coefficient (Wildman–Crippen LogP) is 2.71. The third kappa shape index (κ3) is 2.52. The third-order valence-corrected chi connectivity index (χ3v) is 2.26. The van der Waals surface area contributed by atoms with Gasteiger partial charge in [0.25, 0.3) is 0 Å². The summed E-state index contributed by atoms with van der Waals surface area (Å²) < 4.78 is 5.22. The van der Waals surface area contributed by atoms with E-state index in [9.17, 15) is 0 Å². The Morgan fingerprint density at radius 2 is 2.06 bits per heavy atom. The topological polar surface area (TPSA) is 57.9 Å². The van der Waals surface area contributed by atoms with Gasteiger partial charge in [0.05, 0.1) is 18.4 Å². The molecule has 0 unspecified atom stereocenters. The van der Waals surface area contributed by atoms with E-state index in [-0.39, 0.29) is 0 Å². The van der Waals surface area contributed by atoms with Crippen molar-refractivity contribution in [2.24, 2.45) is 0 Å². The Balaban J connectivity index is 2.22. The molecule has 0 aliphatic heterocycles. The first-order chi connectivity index (χ1) is 8.33. The van der Waals surface area contributed by atoms with E-state index in [2.05, 4.69) is 10.3 Å². The quantitative estimate of drug-likeness (QED) is 0.872. The number of pyridine rings is 1. The van der Waals surface area contributed by atoms with E-state index < -0.39 is 0 Å². The van der Waals surface area contributed by atoms with Crippen molar-refractivity contribution in [1.82, 2.24) is 4.98 Å². The average Bonchev–Trinajstić information content (AvgIpc) is 2.40. The Hall–Kier alpha value is -2.54. The molecule has 0 bridgehead atoms. The number of rotatable bonds is 3. The second-order valence-electron chi connectivity index (χ2n) is 3.37. The van der Waals surface area contributed by atoms with Gasteiger partial charge in [-0.1, -0.05) is 12.1 Å². The maximum atomic E-state index is 8.67. The number of anilines is 2. The Bertz CT molecular complexity index is 543. The van der Waals surface area contributed by atoms with Crippen molar-refractivity contribution >= 4 is 11.5 Å². The average molecular weight is 225 g/mol. The van der Waals surface area contributed by atoms with Gasteiger partial charge in [-0.25, -0.2) is 4.98 Å². The van der Waals surface area contributed by atoms with E-state index in [1.807, 2.05) is 30.3 Å². The van der Waals surface area contributed by atoms with Crippen molar-refractivity contribution in [1.29, 1.82) is 5.26 Å². The number of aromatic nitrogens is 1. The Kier molecular flexibility index (Phi) is 3.22. The largest absolute Gasteiger partial charge is 0.495 e. The number of methoxy groups -OCH3 is 1. The predicted molar refractivity (Wildman–Crippen MR) is 65.2 cm³/mol. The highest BCUT2D eigenvalue weighted by Gasteiger charge is 2.02. The van der Waals surface area contributed by atoms with Gasteiger partial charge in [-0.15, -0.1) is 0 Å². The summed E-state index contributed by atoms with van der Waals surface area (Å²) in [7, 11) is 1.62. The number of ether oxygens (including phenoxy) is 1. The van der Waals surface area contributed by atoms with Crippen LogP contribution < -0.4 is 10.1 Å². The van der Waals surface area contributed by atoms with Crippen LogP contribution in [0.25, 0.3) is 0 Å². The molecular weight excluding hydrogens is 214 g/mol. The number of nitrogens with zero attached hydrogens (tertiary/aromatic N) is 2. The van der Waals surface area contributed by atoms with E-state index in [1.54, 1.807) is 19.2 Å². The molecule has 0 spiro atoms.